The van der Waals surface area contributed by atoms with Crippen LogP contribution < -0.4 is 31.9 Å². The number of pyridine rings is 1. The molecule has 0 fully saturated rings. The molecule has 0 saturated carbocycles. The first-order chi connectivity index (χ1) is 26.1. The molecule has 293 valence electrons. The van der Waals surface area contributed by atoms with Crippen molar-refractivity contribution in [2.24, 2.45) is 5.11 Å². The van der Waals surface area contributed by atoms with E-state index in [9.17, 15) is 14.4 Å². The maximum Gasteiger partial charge on any atom is 0.328 e. The monoisotopic (exact) mass is 855 g/mol. The largest absolute Gasteiger partial charge is 0.705 e. The van der Waals surface area contributed by atoms with Crippen molar-refractivity contribution < 1.29 is 59.7 Å². The zero-order valence-corrected chi connectivity index (χ0v) is 33.3. The van der Waals surface area contributed by atoms with E-state index < -0.39 is 63.7 Å². The van der Waals surface area contributed by atoms with Gasteiger partial charge in [0, 0.05) is 38.5 Å². The van der Waals surface area contributed by atoms with Gasteiger partial charge in [-0.15, -0.1) is 0 Å². The number of hydrogen-bond donors (Lipinski definition) is 7. The van der Waals surface area contributed by atoms with E-state index in [1.165, 1.54) is 41.4 Å². The third-order valence-corrected chi connectivity index (χ3v) is 11.1. The van der Waals surface area contributed by atoms with Crippen LogP contribution in [0.3, 0.4) is 0 Å². The molecule has 1 amide bonds. The standard InChI is InChI=1S/C33H33N5O3P.C6H13NO5.Tc/c1-24(25-16-19-29(20-17-25)42(27-11-5-3-6-12-27)28-13-7-4-8-14-28)35-22-10-9-15-30(33(40)41-2)37-32(39)26-18-21-31(38-34)36-23-26;8-2-6(3-9,4-10)7-1-5(11)12;/h3-8,11-14,16-21,23,30,35H,1,9-10,15,22H2,2H3,(H,37,39);7-10H,1-4H2,(H,11,12);/q-1;;/p+1. The first-order valence-electron chi connectivity index (χ1n) is 17.1. The summed E-state index contributed by atoms with van der Waals surface area (Å²) in [5.41, 5.74) is 9.56. The number of carboxylic acid groups (broad SMARTS) is 1. The molecule has 4 rings (SSSR count). The summed E-state index contributed by atoms with van der Waals surface area (Å²) in [6, 6.07) is 32.0. The quantitative estimate of drug-likeness (QED) is 0.0296. The number of carbonyl (C=O) groups excluding carboxylic acids is 2. The Balaban J connectivity index is 0.000000694. The van der Waals surface area contributed by atoms with Crippen molar-refractivity contribution in [1.82, 2.24) is 20.9 Å². The number of benzene rings is 3. The number of unbranched alkanes of at least 4 members (excludes halogenated alkanes) is 1. The van der Waals surface area contributed by atoms with Crippen molar-refractivity contribution in [3.8, 4) is 0 Å². The third-order valence-electron chi connectivity index (χ3n) is 8.33. The van der Waals surface area contributed by atoms with Crippen molar-refractivity contribution in [3.63, 3.8) is 0 Å². The number of carbonyl (C=O) groups is 3. The summed E-state index contributed by atoms with van der Waals surface area (Å²) in [6.45, 7) is 2.90. The Kier molecular flexibility index (Phi) is 20.8. The summed E-state index contributed by atoms with van der Waals surface area (Å²) in [4.78, 5) is 38.8. The van der Waals surface area contributed by atoms with E-state index in [1.807, 2.05) is 12.1 Å². The zero-order valence-electron chi connectivity index (χ0n) is 30.4. The first-order valence-corrected chi connectivity index (χ1v) is 18.6. The smallest absolute Gasteiger partial charge is 0.328 e. The van der Waals surface area contributed by atoms with Gasteiger partial charge in [-0.2, -0.15) is 0 Å². The zero-order chi connectivity index (χ0) is 39.3. The summed E-state index contributed by atoms with van der Waals surface area (Å²) in [6.07, 6.45) is 3.15. The minimum absolute atomic E-state index is 0. The molecule has 1 unspecified atom stereocenters. The van der Waals surface area contributed by atoms with Gasteiger partial charge in [-0.3, -0.25) is 14.9 Å². The third kappa shape index (κ3) is 14.8. The van der Waals surface area contributed by atoms with Gasteiger partial charge in [0.15, 0.2) is 0 Å². The van der Waals surface area contributed by atoms with Crippen LogP contribution in [0.1, 0.15) is 35.2 Å². The number of amides is 1. The molecule has 1 aromatic heterocycles. The molecule has 0 bridgehead atoms. The Labute approximate surface area is 335 Å². The number of carboxylic acids is 1. The predicted octanol–water partition coefficient (Wildman–Crippen LogP) is 2.30. The number of aliphatic hydroxyl groups is 3. The SMILES string of the molecule is C=C(NCCCCC(NC(=O)c1ccc(N=[N-])nc1)C(=O)OC)c1ccc([PH+](c2ccccc2)c2ccccc2)cc1.O=C(O)CNC(CO)(CO)CO.[Tc]. The fourth-order valence-corrected chi connectivity index (χ4v) is 7.71. The van der Waals surface area contributed by atoms with Crippen LogP contribution in [0.15, 0.2) is 115 Å². The Bertz CT molecular complexity index is 1740. The topological polar surface area (TPSA) is 225 Å². The number of aliphatic hydroxyl groups excluding tert-OH is 3. The van der Waals surface area contributed by atoms with E-state index in [0.717, 1.165) is 17.7 Å². The molecule has 16 heteroatoms. The molecule has 14 nitrogen and oxygen atoms in total. The van der Waals surface area contributed by atoms with E-state index in [2.05, 4.69) is 105 Å². The van der Waals surface area contributed by atoms with Crippen LogP contribution in [0.25, 0.3) is 11.2 Å². The van der Waals surface area contributed by atoms with Crippen molar-refractivity contribution in [2.45, 2.75) is 30.8 Å². The van der Waals surface area contributed by atoms with Crippen LogP contribution in [0.5, 0.6) is 0 Å². The van der Waals surface area contributed by atoms with Gasteiger partial charge in [-0.05, 0) is 85.5 Å². The summed E-state index contributed by atoms with van der Waals surface area (Å²) in [7, 11) is 0.168. The number of rotatable bonds is 20. The van der Waals surface area contributed by atoms with Gasteiger partial charge < -0.3 is 46.4 Å². The van der Waals surface area contributed by atoms with Crippen LogP contribution in [0, 0.1) is 0 Å². The second-order valence-corrected chi connectivity index (χ2v) is 14.6. The van der Waals surface area contributed by atoms with Crippen LogP contribution >= 0.6 is 7.92 Å². The number of aliphatic carboxylic acids is 1. The van der Waals surface area contributed by atoms with E-state index in [0.29, 0.717) is 19.4 Å². The summed E-state index contributed by atoms with van der Waals surface area (Å²) >= 11 is 0. The van der Waals surface area contributed by atoms with E-state index in [-0.39, 0.29) is 31.5 Å². The summed E-state index contributed by atoms with van der Waals surface area (Å²) in [5.74, 6) is -2.00. The number of esters is 1. The molecule has 0 aliphatic heterocycles. The first kappa shape index (κ1) is 46.4. The van der Waals surface area contributed by atoms with Gasteiger partial charge >= 0.3 is 11.9 Å². The molecule has 0 aliphatic carbocycles. The van der Waals surface area contributed by atoms with Gasteiger partial charge in [0.25, 0.3) is 5.91 Å². The molecule has 1 radical (unpaired) electrons. The number of hydrogen-bond acceptors (Lipinski definition) is 11. The van der Waals surface area contributed by atoms with Gasteiger partial charge in [-0.25, -0.2) is 9.78 Å². The normalized spacial score (nSPS) is 11.2. The van der Waals surface area contributed by atoms with Crippen LogP contribution in [0.4, 0.5) is 5.82 Å². The molecule has 0 saturated heterocycles. The Morgan fingerprint density at radius 2 is 1.40 bits per heavy atom. The summed E-state index contributed by atoms with van der Waals surface area (Å²) in [5, 5.41) is 49.8. The molecule has 3 aromatic carbocycles. The van der Waals surface area contributed by atoms with Crippen LogP contribution in [-0.4, -0.2) is 94.9 Å². The van der Waals surface area contributed by atoms with Crippen LogP contribution in [-0.2, 0) is 34.4 Å². The number of ether oxygens (including phenoxy) is 1. The molecule has 0 aliphatic rings. The molecule has 4 aromatic rings. The Morgan fingerprint density at radius 1 is 0.855 bits per heavy atom. The molecule has 1 atom stereocenters. The van der Waals surface area contributed by atoms with Crippen molar-refractivity contribution in [1.29, 1.82) is 0 Å². The Hall–Kier alpha value is -4.72. The number of methoxy groups -OCH3 is 1. The van der Waals surface area contributed by atoms with E-state index in [1.54, 1.807) is 0 Å². The molecule has 1 heterocycles. The molecule has 55 heavy (non-hydrogen) atoms. The second kappa shape index (κ2) is 24.6. The van der Waals surface area contributed by atoms with Gasteiger partial charge in [0.1, 0.15) is 27.8 Å². The van der Waals surface area contributed by atoms with Gasteiger partial charge in [0.05, 0.1) is 52.5 Å². The second-order valence-electron chi connectivity index (χ2n) is 12.1. The van der Waals surface area contributed by atoms with Crippen molar-refractivity contribution in [2.75, 3.05) is 40.0 Å². The fourth-order valence-electron chi connectivity index (χ4n) is 5.16. The maximum absolute atomic E-state index is 12.6. The fraction of sp³-hybridized carbons (Fsp3) is 0.282. The Morgan fingerprint density at radius 3 is 1.87 bits per heavy atom. The summed E-state index contributed by atoms with van der Waals surface area (Å²) < 4.78 is 4.88. The predicted molar refractivity (Wildman–Crippen MR) is 210 cm³/mol. The number of nitrogens with zero attached hydrogens (tertiary/aromatic N) is 3. The van der Waals surface area contributed by atoms with Crippen molar-refractivity contribution >= 4 is 53.2 Å². The average Bonchev–Trinajstić information content (AvgIpc) is 3.22. The average molecular weight is 857 g/mol. The molecular formula is C39H47N6O8PTc. The molecule has 0 spiro atoms. The van der Waals surface area contributed by atoms with Gasteiger partial charge in [-0.1, -0.05) is 43.0 Å². The van der Waals surface area contributed by atoms with Crippen molar-refractivity contribution in [3.05, 3.63) is 126 Å². The van der Waals surface area contributed by atoms with Crippen LogP contribution in [0.2, 0.25) is 0 Å². The van der Waals surface area contributed by atoms with E-state index in [4.69, 9.17) is 30.7 Å². The molecular weight excluding hydrogens is 809 g/mol. The molecule has 7 N–H and O–H groups in total. The number of aromatic nitrogens is 1. The number of nitrogens with one attached hydrogen (secondary N) is 3. The minimum Gasteiger partial charge on any atom is -0.705 e. The van der Waals surface area contributed by atoms with Gasteiger partial charge in [0.2, 0.25) is 0 Å². The van der Waals surface area contributed by atoms with E-state index >= 15 is 0 Å². The maximum atomic E-state index is 12.6. The minimum atomic E-state index is -1.31.